The van der Waals surface area contributed by atoms with E-state index in [0.29, 0.717) is 46.8 Å². The number of benzene rings is 1. The first-order chi connectivity index (χ1) is 13.3. The predicted molar refractivity (Wildman–Crippen MR) is 111 cm³/mol. The lowest BCUT2D eigenvalue weighted by atomic mass is 10.2. The zero-order chi connectivity index (χ0) is 20.3. The molecule has 1 saturated heterocycles. The third kappa shape index (κ3) is 4.49. The Hall–Kier alpha value is -1.65. The Morgan fingerprint density at radius 3 is 2.54 bits per heavy atom. The zero-order valence-electron chi connectivity index (χ0n) is 15.6. The van der Waals surface area contributed by atoms with Crippen molar-refractivity contribution in [3.63, 3.8) is 0 Å². The van der Waals surface area contributed by atoms with Gasteiger partial charge in [0.1, 0.15) is 9.96 Å². The molecule has 1 aliphatic rings. The molecule has 1 N–H and O–H groups in total. The highest BCUT2D eigenvalue weighted by molar-refractivity contribution is 7.91. The van der Waals surface area contributed by atoms with E-state index >= 15 is 0 Å². The van der Waals surface area contributed by atoms with Gasteiger partial charge >= 0.3 is 0 Å². The van der Waals surface area contributed by atoms with Crippen molar-refractivity contribution in [3.05, 3.63) is 40.7 Å². The summed E-state index contributed by atoms with van der Waals surface area (Å²) in [5.74, 6) is 0.367. The van der Waals surface area contributed by atoms with Crippen molar-refractivity contribution >= 4 is 44.6 Å². The molecule has 0 saturated carbocycles. The van der Waals surface area contributed by atoms with Crippen molar-refractivity contribution in [2.45, 2.75) is 17.2 Å². The van der Waals surface area contributed by atoms with Gasteiger partial charge in [-0.3, -0.25) is 9.69 Å². The van der Waals surface area contributed by atoms with E-state index < -0.39 is 16.1 Å². The Morgan fingerprint density at radius 2 is 1.96 bits per heavy atom. The lowest BCUT2D eigenvalue weighted by Gasteiger charge is -2.36. The first-order valence-electron chi connectivity index (χ1n) is 8.75. The van der Waals surface area contributed by atoms with Crippen LogP contribution in [0.2, 0.25) is 5.02 Å². The second-order valence-electron chi connectivity index (χ2n) is 6.39. The molecule has 1 atom stereocenters. The van der Waals surface area contributed by atoms with Gasteiger partial charge in [-0.1, -0.05) is 17.7 Å². The highest BCUT2D eigenvalue weighted by atomic mass is 35.5. The molecule has 0 aliphatic carbocycles. The third-order valence-corrected chi connectivity index (χ3v) is 8.28. The number of amides is 1. The summed E-state index contributed by atoms with van der Waals surface area (Å²) in [6.45, 7) is 3.49. The maximum Gasteiger partial charge on any atom is 0.252 e. The molecule has 0 bridgehead atoms. The Bertz CT molecular complexity index is 926. The van der Waals surface area contributed by atoms with Gasteiger partial charge in [0.05, 0.1) is 18.2 Å². The summed E-state index contributed by atoms with van der Waals surface area (Å²) >= 11 is 7.31. The standard InChI is InChI=1S/C18H22ClN3O4S2/c1-13(18(23)20-14-5-6-16(26-2)15(19)12-14)21-7-9-22(10-8-21)28(24,25)17-4-3-11-27-17/h3-6,11-13H,7-10H2,1-2H3,(H,20,23). The maximum absolute atomic E-state index is 12.6. The van der Waals surface area contributed by atoms with Crippen molar-refractivity contribution in [2.75, 3.05) is 38.6 Å². The average Bonchev–Trinajstić information content (AvgIpc) is 3.23. The molecule has 1 aromatic carbocycles. The Morgan fingerprint density at radius 1 is 1.25 bits per heavy atom. The molecule has 2 heterocycles. The predicted octanol–water partition coefficient (Wildman–Crippen LogP) is 2.74. The van der Waals surface area contributed by atoms with Crippen LogP contribution in [0.1, 0.15) is 6.92 Å². The number of carbonyl (C=O) groups excluding carboxylic acids is 1. The van der Waals surface area contributed by atoms with Crippen molar-refractivity contribution in [1.82, 2.24) is 9.21 Å². The number of rotatable bonds is 6. The second kappa shape index (κ2) is 8.79. The molecule has 152 valence electrons. The maximum atomic E-state index is 12.6. The van der Waals surface area contributed by atoms with Crippen LogP contribution in [0.5, 0.6) is 5.75 Å². The lowest BCUT2D eigenvalue weighted by Crippen LogP contribution is -2.53. The van der Waals surface area contributed by atoms with E-state index in [9.17, 15) is 13.2 Å². The van der Waals surface area contributed by atoms with Crippen LogP contribution < -0.4 is 10.1 Å². The number of anilines is 1. The fourth-order valence-corrected chi connectivity index (χ4v) is 5.85. The van der Waals surface area contributed by atoms with Gasteiger partial charge in [0.25, 0.3) is 10.0 Å². The molecule has 1 aliphatic heterocycles. The molecular formula is C18H22ClN3O4S2. The van der Waals surface area contributed by atoms with E-state index in [-0.39, 0.29) is 5.91 Å². The Balaban J connectivity index is 1.58. The number of sulfonamides is 1. The van der Waals surface area contributed by atoms with Gasteiger partial charge in [0.2, 0.25) is 5.91 Å². The number of nitrogens with zero attached hydrogens (tertiary/aromatic N) is 2. The minimum absolute atomic E-state index is 0.171. The van der Waals surface area contributed by atoms with Gasteiger partial charge in [-0.05, 0) is 36.6 Å². The van der Waals surface area contributed by atoms with Gasteiger partial charge in [-0.15, -0.1) is 11.3 Å². The van der Waals surface area contributed by atoms with Gasteiger partial charge in [-0.2, -0.15) is 4.31 Å². The molecular weight excluding hydrogens is 422 g/mol. The molecule has 10 heteroatoms. The molecule has 0 spiro atoms. The van der Waals surface area contributed by atoms with Crippen molar-refractivity contribution in [3.8, 4) is 5.75 Å². The van der Waals surface area contributed by atoms with E-state index in [0.717, 1.165) is 0 Å². The van der Waals surface area contributed by atoms with Crippen LogP contribution in [0.25, 0.3) is 0 Å². The van der Waals surface area contributed by atoms with Crippen LogP contribution in [0.3, 0.4) is 0 Å². The minimum Gasteiger partial charge on any atom is -0.495 e. The van der Waals surface area contributed by atoms with Crippen molar-refractivity contribution in [2.24, 2.45) is 0 Å². The molecule has 1 aromatic heterocycles. The summed E-state index contributed by atoms with van der Waals surface area (Å²) in [5.41, 5.74) is 0.585. The largest absolute Gasteiger partial charge is 0.495 e. The molecule has 0 radical (unpaired) electrons. The van der Waals surface area contributed by atoms with E-state index in [1.54, 1.807) is 35.7 Å². The van der Waals surface area contributed by atoms with Gasteiger partial charge < -0.3 is 10.1 Å². The van der Waals surface area contributed by atoms with Crippen LogP contribution in [0, 0.1) is 0 Å². The monoisotopic (exact) mass is 443 g/mol. The highest BCUT2D eigenvalue weighted by Crippen LogP contribution is 2.27. The van der Waals surface area contributed by atoms with Crippen molar-refractivity contribution < 1.29 is 17.9 Å². The average molecular weight is 444 g/mol. The highest BCUT2D eigenvalue weighted by Gasteiger charge is 2.32. The molecule has 7 nitrogen and oxygen atoms in total. The third-order valence-electron chi connectivity index (χ3n) is 4.71. The molecule has 28 heavy (non-hydrogen) atoms. The molecule has 1 fully saturated rings. The van der Waals surface area contributed by atoms with Crippen LogP contribution in [0.15, 0.2) is 39.9 Å². The zero-order valence-corrected chi connectivity index (χ0v) is 18.0. The summed E-state index contributed by atoms with van der Waals surface area (Å²) in [7, 11) is -1.92. The number of methoxy groups -OCH3 is 1. The Labute approximate surface area is 173 Å². The number of hydrogen-bond donors (Lipinski definition) is 1. The summed E-state index contributed by atoms with van der Waals surface area (Å²) in [6.07, 6.45) is 0. The molecule has 1 unspecified atom stereocenters. The fraction of sp³-hybridized carbons (Fsp3) is 0.389. The molecule has 3 rings (SSSR count). The fourth-order valence-electron chi connectivity index (χ4n) is 3.03. The number of ether oxygens (including phenoxy) is 1. The summed E-state index contributed by atoms with van der Waals surface area (Å²) in [6, 6.07) is 8.00. The van der Waals surface area contributed by atoms with Crippen LogP contribution in [-0.4, -0.2) is 62.9 Å². The number of hydrogen-bond acceptors (Lipinski definition) is 6. The number of nitrogens with one attached hydrogen (secondary N) is 1. The van der Waals surface area contributed by atoms with Crippen LogP contribution in [0.4, 0.5) is 5.69 Å². The van der Waals surface area contributed by atoms with Gasteiger partial charge in [0.15, 0.2) is 0 Å². The number of carbonyl (C=O) groups is 1. The minimum atomic E-state index is -3.45. The van der Waals surface area contributed by atoms with E-state index in [1.807, 2.05) is 11.8 Å². The normalized spacial score (nSPS) is 17.2. The number of halogens is 1. The van der Waals surface area contributed by atoms with Crippen LogP contribution in [-0.2, 0) is 14.8 Å². The first-order valence-corrected chi connectivity index (χ1v) is 11.4. The number of piperazine rings is 1. The van der Waals surface area contributed by atoms with E-state index in [1.165, 1.54) is 22.8 Å². The number of thiophene rings is 1. The van der Waals surface area contributed by atoms with E-state index in [4.69, 9.17) is 16.3 Å². The molecule has 1 amide bonds. The topological polar surface area (TPSA) is 79.0 Å². The first kappa shape index (κ1) is 21.1. The van der Waals surface area contributed by atoms with Crippen LogP contribution >= 0.6 is 22.9 Å². The Kier molecular flexibility index (Phi) is 6.61. The SMILES string of the molecule is COc1ccc(NC(=O)C(C)N2CCN(S(=O)(=O)c3cccs3)CC2)cc1Cl. The summed E-state index contributed by atoms with van der Waals surface area (Å²) in [5, 5.41) is 5.01. The summed E-state index contributed by atoms with van der Waals surface area (Å²) < 4.78 is 32.1. The lowest BCUT2D eigenvalue weighted by molar-refractivity contribution is -0.121. The van der Waals surface area contributed by atoms with Gasteiger partial charge in [0, 0.05) is 31.9 Å². The molecule has 2 aromatic rings. The van der Waals surface area contributed by atoms with E-state index in [2.05, 4.69) is 5.32 Å². The smallest absolute Gasteiger partial charge is 0.252 e. The second-order valence-corrected chi connectivity index (χ2v) is 9.91. The van der Waals surface area contributed by atoms with Crippen molar-refractivity contribution in [1.29, 1.82) is 0 Å². The quantitative estimate of drug-likeness (QED) is 0.742. The van der Waals surface area contributed by atoms with Gasteiger partial charge in [-0.25, -0.2) is 8.42 Å². The summed E-state index contributed by atoms with van der Waals surface area (Å²) in [4.78, 5) is 14.6.